The van der Waals surface area contributed by atoms with E-state index < -0.39 is 126 Å². The standard InChI is InChI=1S/C57H72N10O10/c1-35(2)48-57(77)67-30-16-26-46(67)56(76)65-28-14-24-44(65)53(73)59-36(3)49(69)61-41(32-38-19-9-5-10-20-38)50(70)62-42(33-39-21-11-6-12-22-39)54(74)66-29-15-25-45(66)55(75)64-27-13-23-43(64)52(72)58-34-47(68)60-40(51(71)63-48)31-37-17-7-4-8-18-37/h4-12,17-22,35-36,40-46,48H,13-16,23-34H2,1-3H3,(H,58,72)(H,59,73)(H,60,68)(H,61,69)(H,62,70)(H,63,71)/t36-,40-,41-,42-,43-,44-,45-,46-,48-/m0/s1. The Labute approximate surface area is 449 Å². The Morgan fingerprint density at radius 2 is 0.805 bits per heavy atom. The van der Waals surface area contributed by atoms with Crippen LogP contribution in [0.4, 0.5) is 0 Å². The van der Waals surface area contributed by atoms with Gasteiger partial charge in [-0.05, 0) is 80.9 Å². The molecule has 8 rings (SSSR count). The molecule has 5 fully saturated rings. The molecular formula is C57H72N10O10. The fourth-order valence-electron chi connectivity index (χ4n) is 11.4. The van der Waals surface area contributed by atoms with E-state index in [-0.39, 0.29) is 45.4 Å². The van der Waals surface area contributed by atoms with Crippen molar-refractivity contribution in [3.05, 3.63) is 108 Å². The van der Waals surface area contributed by atoms with Gasteiger partial charge in [0.15, 0.2) is 0 Å². The van der Waals surface area contributed by atoms with E-state index in [1.54, 1.807) is 62.4 Å². The van der Waals surface area contributed by atoms with Gasteiger partial charge in [0.25, 0.3) is 0 Å². The Balaban J connectivity index is 1.10. The van der Waals surface area contributed by atoms with Crippen molar-refractivity contribution in [1.82, 2.24) is 51.5 Å². The maximum atomic E-state index is 14.9. The summed E-state index contributed by atoms with van der Waals surface area (Å²) in [5.74, 6) is -6.21. The minimum absolute atomic E-state index is 0.0212. The lowest BCUT2D eigenvalue weighted by atomic mass is 10.00. The summed E-state index contributed by atoms with van der Waals surface area (Å²) in [6.07, 6.45) is 3.28. The highest BCUT2D eigenvalue weighted by Crippen LogP contribution is 2.28. The van der Waals surface area contributed by atoms with Crippen molar-refractivity contribution >= 4 is 59.1 Å². The van der Waals surface area contributed by atoms with Crippen molar-refractivity contribution < 1.29 is 47.9 Å². The fraction of sp³-hybridized carbons (Fsp3) is 0.509. The molecule has 77 heavy (non-hydrogen) atoms. The quantitative estimate of drug-likeness (QED) is 0.195. The summed E-state index contributed by atoms with van der Waals surface area (Å²) in [7, 11) is 0. The van der Waals surface area contributed by atoms with E-state index in [0.717, 1.165) is 5.56 Å². The maximum Gasteiger partial charge on any atom is 0.246 e. The van der Waals surface area contributed by atoms with Gasteiger partial charge >= 0.3 is 0 Å². The van der Waals surface area contributed by atoms with Gasteiger partial charge in [0.05, 0.1) is 6.54 Å². The van der Waals surface area contributed by atoms with Gasteiger partial charge in [-0.15, -0.1) is 0 Å². The molecule has 410 valence electrons. The van der Waals surface area contributed by atoms with Gasteiger partial charge in [-0.3, -0.25) is 47.9 Å². The molecule has 3 aromatic rings. The smallest absolute Gasteiger partial charge is 0.246 e. The second-order valence-corrected chi connectivity index (χ2v) is 21.2. The van der Waals surface area contributed by atoms with E-state index in [1.807, 2.05) is 42.5 Å². The lowest BCUT2D eigenvalue weighted by Crippen LogP contribution is -2.61. The van der Waals surface area contributed by atoms with Crippen molar-refractivity contribution in [2.75, 3.05) is 32.7 Å². The molecule has 0 aromatic heterocycles. The van der Waals surface area contributed by atoms with Crippen LogP contribution in [0.1, 0.15) is 88.8 Å². The number of carbonyl (C=O) groups is 10. The Kier molecular flexibility index (Phi) is 18.4. The largest absolute Gasteiger partial charge is 0.345 e. The number of benzene rings is 3. The molecule has 9 atom stereocenters. The predicted octanol–water partition coefficient (Wildman–Crippen LogP) is 0.908. The summed E-state index contributed by atoms with van der Waals surface area (Å²) in [6, 6.07) is 17.3. The summed E-state index contributed by atoms with van der Waals surface area (Å²) >= 11 is 0. The Bertz CT molecular complexity index is 2660. The van der Waals surface area contributed by atoms with Crippen LogP contribution in [0.25, 0.3) is 0 Å². The van der Waals surface area contributed by atoms with Gasteiger partial charge in [-0.1, -0.05) is 105 Å². The third kappa shape index (κ3) is 13.5. The monoisotopic (exact) mass is 1060 g/mol. The molecule has 0 bridgehead atoms. The fourth-order valence-corrected chi connectivity index (χ4v) is 11.4. The van der Waals surface area contributed by atoms with Gasteiger partial charge in [0.2, 0.25) is 59.1 Å². The number of nitrogens with one attached hydrogen (secondary N) is 6. The molecule has 0 unspecified atom stereocenters. The summed E-state index contributed by atoms with van der Waals surface area (Å²) in [6.45, 7) is 5.35. The zero-order chi connectivity index (χ0) is 54.8. The molecule has 5 heterocycles. The molecule has 0 aliphatic carbocycles. The highest BCUT2D eigenvalue weighted by atomic mass is 16.2. The third-order valence-corrected chi connectivity index (χ3v) is 15.5. The van der Waals surface area contributed by atoms with Crippen molar-refractivity contribution in [3.8, 4) is 0 Å². The molecule has 5 saturated heterocycles. The van der Waals surface area contributed by atoms with Crippen molar-refractivity contribution in [2.45, 2.75) is 146 Å². The van der Waals surface area contributed by atoms with Crippen molar-refractivity contribution in [1.29, 1.82) is 0 Å². The topological polar surface area (TPSA) is 256 Å². The third-order valence-electron chi connectivity index (χ3n) is 15.5. The van der Waals surface area contributed by atoms with Crippen molar-refractivity contribution in [2.24, 2.45) is 5.92 Å². The van der Waals surface area contributed by atoms with E-state index in [1.165, 1.54) is 26.5 Å². The zero-order valence-electron chi connectivity index (χ0n) is 44.1. The summed E-state index contributed by atoms with van der Waals surface area (Å²) < 4.78 is 0. The number of hydrogen-bond donors (Lipinski definition) is 6. The zero-order valence-corrected chi connectivity index (χ0v) is 44.1. The first kappa shape index (κ1) is 55.6. The van der Waals surface area contributed by atoms with Crippen molar-refractivity contribution in [3.63, 3.8) is 0 Å². The maximum absolute atomic E-state index is 14.9. The summed E-state index contributed by atoms with van der Waals surface area (Å²) in [5, 5.41) is 16.8. The molecule has 20 nitrogen and oxygen atoms in total. The van der Waals surface area contributed by atoms with Crippen LogP contribution in [0.5, 0.6) is 0 Å². The first-order valence-electron chi connectivity index (χ1n) is 27.2. The Morgan fingerprint density at radius 3 is 1.29 bits per heavy atom. The van der Waals surface area contributed by atoms with E-state index in [2.05, 4.69) is 31.9 Å². The average molecular weight is 1060 g/mol. The molecule has 5 aliphatic rings. The SMILES string of the molecule is CC(C)[C@@H]1NC(=O)[C@H](Cc2ccccc2)NC(=O)CNC(=O)[C@@H]2CCCN2C(=O)[C@@H]2CCCN2C(=O)[C@H](Cc2ccccc2)NC(=O)[C@H](Cc2ccccc2)NC(=O)[C@H](C)NC(=O)[C@@H]2CCCN2C(=O)[C@@H]2CCCN2C1=O. The molecule has 3 aromatic carbocycles. The number of nitrogens with zero attached hydrogens (tertiary/aromatic N) is 4. The summed E-state index contributed by atoms with van der Waals surface area (Å²) in [5.41, 5.74) is 2.15. The number of carbonyl (C=O) groups excluding carboxylic acids is 10. The Hall–Kier alpha value is -7.64. The minimum Gasteiger partial charge on any atom is -0.345 e. The predicted molar refractivity (Wildman–Crippen MR) is 283 cm³/mol. The molecule has 6 N–H and O–H groups in total. The Morgan fingerprint density at radius 1 is 0.416 bits per heavy atom. The second-order valence-electron chi connectivity index (χ2n) is 21.2. The van der Waals surface area contributed by atoms with Crippen LogP contribution >= 0.6 is 0 Å². The molecule has 5 aliphatic heterocycles. The van der Waals surface area contributed by atoms with Crippen LogP contribution in [0.15, 0.2) is 91.0 Å². The van der Waals surface area contributed by atoms with Gasteiger partial charge < -0.3 is 51.5 Å². The van der Waals surface area contributed by atoms with Gasteiger partial charge in [-0.25, -0.2) is 0 Å². The average Bonchev–Trinajstić information content (AvgIpc) is 4.30. The van der Waals surface area contributed by atoms with Gasteiger partial charge in [-0.2, -0.15) is 0 Å². The number of hydrogen-bond acceptors (Lipinski definition) is 10. The first-order chi connectivity index (χ1) is 37.1. The molecule has 20 heteroatoms. The molecule has 0 radical (unpaired) electrons. The lowest BCUT2D eigenvalue weighted by Gasteiger charge is -2.34. The number of fused-ring (bicyclic) bond motifs is 4. The van der Waals surface area contributed by atoms with Crippen LogP contribution in [0, 0.1) is 5.92 Å². The highest BCUT2D eigenvalue weighted by Gasteiger charge is 2.46. The van der Waals surface area contributed by atoms with Gasteiger partial charge in [0, 0.05) is 45.4 Å². The van der Waals surface area contributed by atoms with Crippen LogP contribution in [0.2, 0.25) is 0 Å². The first-order valence-corrected chi connectivity index (χ1v) is 27.2. The van der Waals surface area contributed by atoms with Crippen LogP contribution in [0.3, 0.4) is 0 Å². The molecular weight excluding hydrogens is 985 g/mol. The normalized spacial score (nSPS) is 27.9. The van der Waals surface area contributed by atoms with E-state index in [4.69, 9.17) is 0 Å². The van der Waals surface area contributed by atoms with E-state index in [9.17, 15) is 47.9 Å². The summed E-state index contributed by atoms with van der Waals surface area (Å²) in [4.78, 5) is 149. The van der Waals surface area contributed by atoms with E-state index >= 15 is 0 Å². The molecule has 0 saturated carbocycles. The van der Waals surface area contributed by atoms with Crippen LogP contribution in [-0.2, 0) is 67.2 Å². The second kappa shape index (κ2) is 25.5. The van der Waals surface area contributed by atoms with Crippen LogP contribution < -0.4 is 31.9 Å². The van der Waals surface area contributed by atoms with Crippen LogP contribution in [-0.4, -0.2) is 166 Å². The minimum atomic E-state index is -1.23. The van der Waals surface area contributed by atoms with Gasteiger partial charge in [0.1, 0.15) is 54.4 Å². The van der Waals surface area contributed by atoms with E-state index in [0.29, 0.717) is 62.5 Å². The molecule has 10 amide bonds. The number of amides is 10. The molecule has 0 spiro atoms. The number of rotatable bonds is 7. The lowest BCUT2D eigenvalue weighted by molar-refractivity contribution is -0.148. The highest BCUT2D eigenvalue weighted by molar-refractivity contribution is 6.00.